The Balaban J connectivity index is 2.98. The lowest BCUT2D eigenvalue weighted by Gasteiger charge is -2.05. The second kappa shape index (κ2) is 4.38. The number of hydrogen-bond acceptors (Lipinski definition) is 1. The van der Waals surface area contributed by atoms with E-state index < -0.39 is 0 Å². The normalized spacial score (nSPS) is 9.69. The number of rotatable bonds is 2. The number of aryl methyl sites for hydroxylation is 1. The Bertz CT molecular complexity index is 355. The van der Waals surface area contributed by atoms with Gasteiger partial charge in [0.15, 0.2) is 0 Å². The topological polar surface area (TPSA) is 23.8 Å². The molecule has 13 heavy (non-hydrogen) atoms. The van der Waals surface area contributed by atoms with Crippen molar-refractivity contribution >= 4 is 15.9 Å². The molecule has 0 fully saturated rings. The summed E-state index contributed by atoms with van der Waals surface area (Å²) in [6.07, 6.45) is 1.15. The van der Waals surface area contributed by atoms with Crippen molar-refractivity contribution in [1.29, 1.82) is 5.26 Å². The molecular weight excluding hydrogens is 233 g/mol. The molecule has 1 nitrogen and oxygen atoms in total. The Kier molecular flexibility index (Phi) is 3.44. The third kappa shape index (κ3) is 2.28. The average molecular weight is 242 g/mol. The predicted octanol–water partition coefficient (Wildman–Crippen LogP) is 3.35. The van der Waals surface area contributed by atoms with Gasteiger partial charge in [-0.2, -0.15) is 5.26 Å². The van der Waals surface area contributed by atoms with Crippen molar-refractivity contribution in [3.63, 3.8) is 0 Å². The van der Waals surface area contributed by atoms with Crippen LogP contribution in [-0.2, 0) is 6.42 Å². The van der Waals surface area contributed by atoms with Crippen LogP contribution in [0.5, 0.6) is 0 Å². The number of nitrogens with zero attached hydrogens (tertiary/aromatic N) is 1. The monoisotopic (exact) mass is 241 g/mol. The van der Waals surface area contributed by atoms with Gasteiger partial charge in [0.05, 0.1) is 10.5 Å². The van der Waals surface area contributed by atoms with Crippen LogP contribution in [0.3, 0.4) is 0 Å². The number of nitriles is 1. The fourth-order valence-electron chi connectivity index (χ4n) is 1.15. The molecule has 0 bridgehead atoms. The van der Waals surface area contributed by atoms with E-state index >= 15 is 0 Å². The lowest BCUT2D eigenvalue weighted by molar-refractivity contribution is 0.618. The molecule has 1 rings (SSSR count). The molecule has 0 amide bonds. The smallest absolute Gasteiger partial charge is 0.137 e. The number of benzene rings is 1. The van der Waals surface area contributed by atoms with Crippen molar-refractivity contribution in [2.45, 2.75) is 19.8 Å². The van der Waals surface area contributed by atoms with Crippen LogP contribution >= 0.6 is 15.9 Å². The van der Waals surface area contributed by atoms with Gasteiger partial charge >= 0.3 is 0 Å². The second-order valence-electron chi connectivity index (χ2n) is 2.80. The van der Waals surface area contributed by atoms with Crippen LogP contribution in [0.4, 0.5) is 4.39 Å². The third-order valence-electron chi connectivity index (χ3n) is 1.96. The van der Waals surface area contributed by atoms with Crippen LogP contribution < -0.4 is 0 Å². The highest BCUT2D eigenvalue weighted by atomic mass is 79.9. The molecule has 68 valence electrons. The molecule has 0 unspecified atom stereocenters. The summed E-state index contributed by atoms with van der Waals surface area (Å²) in [6, 6.07) is 5.22. The Morgan fingerprint density at radius 1 is 1.54 bits per heavy atom. The fraction of sp³-hybridized carbons (Fsp3) is 0.300. The Morgan fingerprint density at radius 3 is 2.85 bits per heavy atom. The first-order chi connectivity index (χ1) is 6.16. The first kappa shape index (κ1) is 10.2. The first-order valence-electron chi connectivity index (χ1n) is 3.97. The first-order valence-corrected chi connectivity index (χ1v) is 4.76. The molecule has 0 N–H and O–H groups in total. The maximum Gasteiger partial charge on any atom is 0.137 e. The van der Waals surface area contributed by atoms with E-state index in [1.807, 2.05) is 6.92 Å². The standard InChI is InChI=1S/C10H9BrFN/c1-7-8(3-2-6-13)4-5-9(12)10(7)11/h4-5H,2-3H2,1H3. The van der Waals surface area contributed by atoms with E-state index in [4.69, 9.17) is 5.26 Å². The molecule has 0 heterocycles. The minimum absolute atomic E-state index is 0.252. The molecule has 0 saturated carbocycles. The SMILES string of the molecule is Cc1c(CCC#N)ccc(F)c1Br. The lowest BCUT2D eigenvalue weighted by Crippen LogP contribution is -1.92. The highest BCUT2D eigenvalue weighted by Gasteiger charge is 2.06. The zero-order valence-electron chi connectivity index (χ0n) is 7.27. The van der Waals surface area contributed by atoms with Gasteiger partial charge in [-0.15, -0.1) is 0 Å². The van der Waals surface area contributed by atoms with Gasteiger partial charge in [-0.3, -0.25) is 0 Å². The van der Waals surface area contributed by atoms with Crippen LogP contribution in [0.2, 0.25) is 0 Å². The molecule has 3 heteroatoms. The fourth-order valence-corrected chi connectivity index (χ4v) is 1.54. The van der Waals surface area contributed by atoms with Gasteiger partial charge in [0.25, 0.3) is 0 Å². The van der Waals surface area contributed by atoms with Crippen LogP contribution in [0, 0.1) is 24.1 Å². The van der Waals surface area contributed by atoms with Gasteiger partial charge in [0, 0.05) is 6.42 Å². The maximum atomic E-state index is 13.0. The van der Waals surface area contributed by atoms with Crippen LogP contribution in [0.1, 0.15) is 17.5 Å². The molecule has 0 aromatic heterocycles. The van der Waals surface area contributed by atoms with Crippen LogP contribution in [-0.4, -0.2) is 0 Å². The van der Waals surface area contributed by atoms with Crippen molar-refractivity contribution in [1.82, 2.24) is 0 Å². The molecule has 0 aliphatic rings. The average Bonchev–Trinajstić information content (AvgIpc) is 2.13. The summed E-state index contributed by atoms with van der Waals surface area (Å²) in [6.45, 7) is 1.85. The Labute approximate surface area is 85.3 Å². The summed E-state index contributed by atoms with van der Waals surface area (Å²) in [7, 11) is 0. The summed E-state index contributed by atoms with van der Waals surface area (Å²) in [5.41, 5.74) is 1.91. The summed E-state index contributed by atoms with van der Waals surface area (Å²) < 4.78 is 13.5. The van der Waals surface area contributed by atoms with E-state index in [0.717, 1.165) is 11.1 Å². The number of halogens is 2. The number of hydrogen-bond donors (Lipinski definition) is 0. The molecule has 0 aliphatic heterocycles. The lowest BCUT2D eigenvalue weighted by atomic mass is 10.0. The van der Waals surface area contributed by atoms with Gasteiger partial charge in [0.2, 0.25) is 0 Å². The van der Waals surface area contributed by atoms with Crippen molar-refractivity contribution in [2.75, 3.05) is 0 Å². The largest absolute Gasteiger partial charge is 0.206 e. The Hall–Kier alpha value is -0.880. The van der Waals surface area contributed by atoms with E-state index in [2.05, 4.69) is 22.0 Å². The second-order valence-corrected chi connectivity index (χ2v) is 3.60. The highest BCUT2D eigenvalue weighted by Crippen LogP contribution is 2.23. The van der Waals surface area contributed by atoms with Crippen molar-refractivity contribution in [3.8, 4) is 6.07 Å². The van der Waals surface area contributed by atoms with E-state index in [-0.39, 0.29) is 5.82 Å². The van der Waals surface area contributed by atoms with Gasteiger partial charge in [-0.1, -0.05) is 6.07 Å². The van der Waals surface area contributed by atoms with Crippen LogP contribution in [0.15, 0.2) is 16.6 Å². The molecule has 1 aromatic rings. The molecule has 0 spiro atoms. The minimum Gasteiger partial charge on any atom is -0.206 e. The van der Waals surface area contributed by atoms with E-state index in [1.165, 1.54) is 6.07 Å². The summed E-state index contributed by atoms with van der Waals surface area (Å²) in [4.78, 5) is 0. The minimum atomic E-state index is -0.252. The molecule has 1 aromatic carbocycles. The molecule has 0 atom stereocenters. The molecule has 0 aliphatic carbocycles. The van der Waals surface area contributed by atoms with E-state index in [9.17, 15) is 4.39 Å². The van der Waals surface area contributed by atoms with Crippen LogP contribution in [0.25, 0.3) is 0 Å². The van der Waals surface area contributed by atoms with Crippen molar-refractivity contribution in [2.24, 2.45) is 0 Å². The van der Waals surface area contributed by atoms with Gasteiger partial charge in [-0.25, -0.2) is 4.39 Å². The summed E-state index contributed by atoms with van der Waals surface area (Å²) >= 11 is 3.16. The van der Waals surface area contributed by atoms with Crippen molar-refractivity contribution < 1.29 is 4.39 Å². The predicted molar refractivity (Wildman–Crippen MR) is 52.8 cm³/mol. The summed E-state index contributed by atoms with van der Waals surface area (Å²) in [5, 5.41) is 8.41. The summed E-state index contributed by atoms with van der Waals surface area (Å²) in [5.74, 6) is -0.252. The van der Waals surface area contributed by atoms with Gasteiger partial charge in [-0.05, 0) is 46.5 Å². The zero-order chi connectivity index (χ0) is 9.84. The van der Waals surface area contributed by atoms with Gasteiger partial charge in [0.1, 0.15) is 5.82 Å². The third-order valence-corrected chi connectivity index (χ3v) is 2.93. The Morgan fingerprint density at radius 2 is 2.23 bits per heavy atom. The highest BCUT2D eigenvalue weighted by molar-refractivity contribution is 9.10. The van der Waals surface area contributed by atoms with Crippen molar-refractivity contribution in [3.05, 3.63) is 33.5 Å². The molecular formula is C10H9BrFN. The zero-order valence-corrected chi connectivity index (χ0v) is 8.86. The molecule has 0 saturated heterocycles. The quantitative estimate of drug-likeness (QED) is 0.780. The maximum absolute atomic E-state index is 13.0. The molecule has 0 radical (unpaired) electrons. The van der Waals surface area contributed by atoms with E-state index in [0.29, 0.717) is 17.3 Å². The van der Waals surface area contributed by atoms with Gasteiger partial charge < -0.3 is 0 Å². The van der Waals surface area contributed by atoms with E-state index in [1.54, 1.807) is 6.07 Å².